The first-order valence-corrected chi connectivity index (χ1v) is 7.33. The minimum absolute atomic E-state index is 0.0171. The molecule has 2 rings (SSSR count). The van der Waals surface area contributed by atoms with E-state index >= 15 is 0 Å². The molecule has 1 aromatic carbocycles. The highest BCUT2D eigenvalue weighted by molar-refractivity contribution is 5.93. The molecular formula is C16H23NO4. The molecule has 5 nitrogen and oxygen atoms in total. The van der Waals surface area contributed by atoms with E-state index in [1.165, 1.54) is 13.5 Å². The zero-order chi connectivity index (χ0) is 15.2. The minimum atomic E-state index is -0.427. The number of benzene rings is 1. The van der Waals surface area contributed by atoms with Crippen LogP contribution >= 0.6 is 0 Å². The van der Waals surface area contributed by atoms with E-state index in [2.05, 4.69) is 0 Å². The molecule has 1 fully saturated rings. The summed E-state index contributed by atoms with van der Waals surface area (Å²) >= 11 is 0. The Labute approximate surface area is 125 Å². The predicted octanol–water partition coefficient (Wildman–Crippen LogP) is 2.38. The molecule has 1 aromatic rings. The van der Waals surface area contributed by atoms with E-state index in [1.807, 2.05) is 0 Å². The van der Waals surface area contributed by atoms with E-state index in [4.69, 9.17) is 19.9 Å². The van der Waals surface area contributed by atoms with Crippen LogP contribution in [0, 0.1) is 5.92 Å². The van der Waals surface area contributed by atoms with Gasteiger partial charge >= 0.3 is 5.97 Å². The van der Waals surface area contributed by atoms with Gasteiger partial charge in [0.25, 0.3) is 0 Å². The first kappa shape index (κ1) is 15.6. The van der Waals surface area contributed by atoms with Crippen LogP contribution < -0.4 is 15.2 Å². The maximum atomic E-state index is 11.9. The topological polar surface area (TPSA) is 70.8 Å². The Bertz CT molecular complexity index is 489. The van der Waals surface area contributed by atoms with Crippen LogP contribution in [0.5, 0.6) is 11.5 Å². The first-order chi connectivity index (χ1) is 10.2. The first-order valence-electron chi connectivity index (χ1n) is 7.33. The van der Waals surface area contributed by atoms with Gasteiger partial charge in [-0.2, -0.15) is 0 Å². The lowest BCUT2D eigenvalue weighted by Crippen LogP contribution is -2.35. The predicted molar refractivity (Wildman–Crippen MR) is 79.8 cm³/mol. The Balaban J connectivity index is 2.30. The van der Waals surface area contributed by atoms with E-state index in [9.17, 15) is 4.79 Å². The third-order valence-electron chi connectivity index (χ3n) is 4.02. The lowest BCUT2D eigenvalue weighted by molar-refractivity contribution is 0.0575. The number of nitrogens with two attached hydrogens (primary N) is 1. The number of ether oxygens (including phenoxy) is 3. The fraction of sp³-hybridized carbons (Fsp3) is 0.562. The van der Waals surface area contributed by atoms with Crippen molar-refractivity contribution in [1.82, 2.24) is 0 Å². The number of para-hydroxylation sites is 1. The number of rotatable bonds is 5. The highest BCUT2D eigenvalue weighted by Crippen LogP contribution is 2.36. The second-order valence-electron chi connectivity index (χ2n) is 5.27. The lowest BCUT2D eigenvalue weighted by Gasteiger charge is -2.31. The molecule has 0 aliphatic heterocycles. The van der Waals surface area contributed by atoms with Crippen molar-refractivity contribution < 1.29 is 19.0 Å². The van der Waals surface area contributed by atoms with Crippen molar-refractivity contribution >= 4 is 5.97 Å². The van der Waals surface area contributed by atoms with Crippen LogP contribution in [0.1, 0.15) is 36.0 Å². The molecule has 0 radical (unpaired) electrons. The maximum Gasteiger partial charge on any atom is 0.341 e. The Kier molecular flexibility index (Phi) is 5.44. The lowest BCUT2D eigenvalue weighted by atomic mass is 9.86. The summed E-state index contributed by atoms with van der Waals surface area (Å²) in [6.07, 6.45) is 4.31. The fourth-order valence-electron chi connectivity index (χ4n) is 2.82. The van der Waals surface area contributed by atoms with Crippen LogP contribution in [0.15, 0.2) is 18.2 Å². The van der Waals surface area contributed by atoms with Gasteiger partial charge < -0.3 is 19.9 Å². The van der Waals surface area contributed by atoms with Crippen molar-refractivity contribution in [3.8, 4) is 11.5 Å². The molecule has 2 atom stereocenters. The van der Waals surface area contributed by atoms with Crippen LogP contribution in [0.3, 0.4) is 0 Å². The molecule has 0 heterocycles. The fourth-order valence-corrected chi connectivity index (χ4v) is 2.82. The van der Waals surface area contributed by atoms with Gasteiger partial charge in [0, 0.05) is 5.92 Å². The van der Waals surface area contributed by atoms with Gasteiger partial charge in [0.2, 0.25) is 0 Å². The average molecular weight is 293 g/mol. The van der Waals surface area contributed by atoms with Crippen molar-refractivity contribution in [2.24, 2.45) is 11.7 Å². The van der Waals surface area contributed by atoms with E-state index < -0.39 is 5.97 Å². The van der Waals surface area contributed by atoms with E-state index in [-0.39, 0.29) is 6.10 Å². The summed E-state index contributed by atoms with van der Waals surface area (Å²) in [7, 11) is 2.92. The number of esters is 1. The molecule has 21 heavy (non-hydrogen) atoms. The monoisotopic (exact) mass is 293 g/mol. The largest absolute Gasteiger partial charge is 0.493 e. The molecule has 1 aliphatic carbocycles. The summed E-state index contributed by atoms with van der Waals surface area (Å²) in [5, 5.41) is 0. The van der Waals surface area contributed by atoms with Crippen molar-refractivity contribution in [3.63, 3.8) is 0 Å². The highest BCUT2D eigenvalue weighted by Gasteiger charge is 2.28. The van der Waals surface area contributed by atoms with Crippen molar-refractivity contribution in [1.29, 1.82) is 0 Å². The summed E-state index contributed by atoms with van der Waals surface area (Å²) in [5.74, 6) is 0.884. The Morgan fingerprint density at radius 3 is 2.71 bits per heavy atom. The average Bonchev–Trinajstić information content (AvgIpc) is 2.54. The van der Waals surface area contributed by atoms with Gasteiger partial charge in [0.05, 0.1) is 14.2 Å². The number of hydrogen-bond donors (Lipinski definition) is 1. The molecule has 1 aliphatic rings. The van der Waals surface area contributed by atoms with Gasteiger partial charge in [0.1, 0.15) is 11.7 Å². The van der Waals surface area contributed by atoms with Gasteiger partial charge in [0.15, 0.2) is 11.5 Å². The molecule has 0 saturated heterocycles. The zero-order valence-corrected chi connectivity index (χ0v) is 12.6. The van der Waals surface area contributed by atoms with Crippen LogP contribution in [-0.4, -0.2) is 32.8 Å². The number of methoxy groups -OCH3 is 2. The number of carbonyl (C=O) groups is 1. The van der Waals surface area contributed by atoms with E-state index in [1.54, 1.807) is 25.3 Å². The van der Waals surface area contributed by atoms with Gasteiger partial charge in [-0.1, -0.05) is 12.5 Å². The smallest absolute Gasteiger partial charge is 0.341 e. The summed E-state index contributed by atoms with van der Waals surface area (Å²) in [6, 6.07) is 5.21. The van der Waals surface area contributed by atoms with Gasteiger partial charge in [-0.25, -0.2) is 4.79 Å². The summed E-state index contributed by atoms with van der Waals surface area (Å²) in [5.41, 5.74) is 6.23. The molecule has 0 spiro atoms. The van der Waals surface area contributed by atoms with Crippen molar-refractivity contribution in [2.45, 2.75) is 31.8 Å². The SMILES string of the molecule is COC(=O)c1cccc(OC)c1OC1CCCCC1CN. The molecule has 0 amide bonds. The van der Waals surface area contributed by atoms with Crippen LogP contribution in [0.25, 0.3) is 0 Å². The van der Waals surface area contributed by atoms with Gasteiger partial charge in [-0.15, -0.1) is 0 Å². The normalized spacial score (nSPS) is 21.7. The van der Waals surface area contributed by atoms with Crippen molar-refractivity contribution in [3.05, 3.63) is 23.8 Å². The summed E-state index contributed by atoms with van der Waals surface area (Å²) in [6.45, 7) is 0.591. The molecule has 0 aromatic heterocycles. The van der Waals surface area contributed by atoms with Crippen LogP contribution in [0.4, 0.5) is 0 Å². The van der Waals surface area contributed by atoms with Gasteiger partial charge in [-0.05, 0) is 37.9 Å². The zero-order valence-electron chi connectivity index (χ0n) is 12.6. The molecule has 1 saturated carbocycles. The van der Waals surface area contributed by atoms with E-state index in [0.717, 1.165) is 19.3 Å². The standard InChI is InChI=1S/C16H23NO4/c1-19-14-9-5-7-12(16(18)20-2)15(14)21-13-8-4-3-6-11(13)10-17/h5,7,9,11,13H,3-4,6,8,10,17H2,1-2H3. The second kappa shape index (κ2) is 7.31. The number of hydrogen-bond acceptors (Lipinski definition) is 5. The third kappa shape index (κ3) is 3.47. The second-order valence-corrected chi connectivity index (χ2v) is 5.27. The Morgan fingerprint density at radius 1 is 1.29 bits per heavy atom. The Hall–Kier alpha value is -1.75. The quantitative estimate of drug-likeness (QED) is 0.844. The Morgan fingerprint density at radius 2 is 2.05 bits per heavy atom. The summed E-state index contributed by atoms with van der Waals surface area (Å²) in [4.78, 5) is 11.9. The third-order valence-corrected chi connectivity index (χ3v) is 4.02. The molecular weight excluding hydrogens is 270 g/mol. The van der Waals surface area contributed by atoms with Crippen LogP contribution in [0.2, 0.25) is 0 Å². The minimum Gasteiger partial charge on any atom is -0.493 e. The highest BCUT2D eigenvalue weighted by atomic mass is 16.5. The van der Waals surface area contributed by atoms with E-state index in [0.29, 0.717) is 29.5 Å². The number of carbonyl (C=O) groups excluding carboxylic acids is 1. The van der Waals surface area contributed by atoms with Gasteiger partial charge in [-0.3, -0.25) is 0 Å². The molecule has 2 unspecified atom stereocenters. The maximum absolute atomic E-state index is 11.9. The molecule has 2 N–H and O–H groups in total. The molecule has 5 heteroatoms. The van der Waals surface area contributed by atoms with Crippen LogP contribution in [-0.2, 0) is 4.74 Å². The van der Waals surface area contributed by atoms with Crippen molar-refractivity contribution in [2.75, 3.05) is 20.8 Å². The molecule has 116 valence electrons. The summed E-state index contributed by atoms with van der Waals surface area (Å²) < 4.78 is 16.3. The molecule has 0 bridgehead atoms.